The van der Waals surface area contributed by atoms with Gasteiger partial charge in [-0.25, -0.2) is 0 Å². The molecule has 0 aromatic heterocycles. The van der Waals surface area contributed by atoms with E-state index in [9.17, 15) is 0 Å². The minimum Gasteiger partial charge on any atom is -0.0843 e. The summed E-state index contributed by atoms with van der Waals surface area (Å²) in [4.78, 5) is 0. The third kappa shape index (κ3) is 1.61. The third-order valence-electron chi connectivity index (χ3n) is 3.69. The molecule has 0 unspecified atom stereocenters. The van der Waals surface area contributed by atoms with E-state index in [0.717, 1.165) is 5.02 Å². The van der Waals surface area contributed by atoms with E-state index in [1.165, 1.54) is 32.3 Å². The first-order valence-corrected chi connectivity index (χ1v) is 6.70. The number of rotatable bonds is 0. The van der Waals surface area contributed by atoms with E-state index in [2.05, 4.69) is 54.6 Å². The molecule has 0 amide bonds. The maximum Gasteiger partial charge on any atom is 0.0412 e. The van der Waals surface area contributed by atoms with Crippen LogP contribution in [0.25, 0.3) is 32.3 Å². The number of fused-ring (bicyclic) bond motifs is 5. The molecule has 90 valence electrons. The number of benzene rings is 4. The maximum atomic E-state index is 6.09. The van der Waals surface area contributed by atoms with E-state index in [4.69, 9.17) is 11.6 Å². The second-order valence-corrected chi connectivity index (χ2v) is 5.25. The van der Waals surface area contributed by atoms with Crippen molar-refractivity contribution in [1.82, 2.24) is 0 Å². The molecule has 0 N–H and O–H groups in total. The Morgan fingerprint density at radius 1 is 0.579 bits per heavy atom. The second kappa shape index (κ2) is 3.97. The molecule has 0 aliphatic heterocycles. The van der Waals surface area contributed by atoms with Gasteiger partial charge in [-0.1, -0.05) is 66.2 Å². The van der Waals surface area contributed by atoms with Gasteiger partial charge >= 0.3 is 0 Å². The molecule has 4 rings (SSSR count). The molecule has 0 aliphatic rings. The average molecular weight is 263 g/mol. The van der Waals surface area contributed by atoms with Crippen LogP contribution in [0.1, 0.15) is 0 Å². The lowest BCUT2D eigenvalue weighted by atomic mass is 9.97. The highest BCUT2D eigenvalue weighted by atomic mass is 35.5. The summed E-state index contributed by atoms with van der Waals surface area (Å²) < 4.78 is 0. The Bertz CT molecular complexity index is 922. The number of hydrogen-bond acceptors (Lipinski definition) is 0. The topological polar surface area (TPSA) is 0 Å². The summed E-state index contributed by atoms with van der Waals surface area (Å²) in [6.45, 7) is 0. The largest absolute Gasteiger partial charge is 0.0843 e. The minimum absolute atomic E-state index is 0.784. The van der Waals surface area contributed by atoms with E-state index < -0.39 is 0 Å². The molecule has 19 heavy (non-hydrogen) atoms. The van der Waals surface area contributed by atoms with Crippen molar-refractivity contribution in [3.63, 3.8) is 0 Å². The van der Waals surface area contributed by atoms with Crippen LogP contribution in [0.3, 0.4) is 0 Å². The summed E-state index contributed by atoms with van der Waals surface area (Å²) >= 11 is 6.09. The van der Waals surface area contributed by atoms with Crippen LogP contribution in [0.2, 0.25) is 5.02 Å². The van der Waals surface area contributed by atoms with E-state index in [-0.39, 0.29) is 0 Å². The first-order chi connectivity index (χ1) is 9.33. The fraction of sp³-hybridized carbons (Fsp3) is 0. The molecule has 0 saturated heterocycles. The summed E-state index contributed by atoms with van der Waals surface area (Å²) in [5.74, 6) is 0. The Labute approximate surface area is 116 Å². The molecule has 0 radical (unpaired) electrons. The van der Waals surface area contributed by atoms with Gasteiger partial charge < -0.3 is 0 Å². The van der Waals surface area contributed by atoms with Crippen LogP contribution in [-0.2, 0) is 0 Å². The van der Waals surface area contributed by atoms with Crippen molar-refractivity contribution in [3.8, 4) is 0 Å². The molecule has 0 aliphatic carbocycles. The Hall–Kier alpha value is -2.05. The van der Waals surface area contributed by atoms with Crippen LogP contribution in [-0.4, -0.2) is 0 Å². The van der Waals surface area contributed by atoms with Crippen molar-refractivity contribution in [2.75, 3.05) is 0 Å². The lowest BCUT2D eigenvalue weighted by Gasteiger charge is -2.08. The first-order valence-electron chi connectivity index (χ1n) is 6.33. The van der Waals surface area contributed by atoms with Gasteiger partial charge in [-0.15, -0.1) is 0 Å². The summed E-state index contributed by atoms with van der Waals surface area (Å²) in [5.41, 5.74) is 0. The van der Waals surface area contributed by atoms with Crippen molar-refractivity contribution in [2.45, 2.75) is 0 Å². The van der Waals surface area contributed by atoms with Gasteiger partial charge in [0.2, 0.25) is 0 Å². The predicted octanol–water partition coefficient (Wildman–Crippen LogP) is 5.80. The van der Waals surface area contributed by atoms with Crippen LogP contribution in [0.5, 0.6) is 0 Å². The Kier molecular flexibility index (Phi) is 2.27. The molecule has 0 bridgehead atoms. The highest BCUT2D eigenvalue weighted by molar-refractivity contribution is 6.32. The van der Waals surface area contributed by atoms with Crippen LogP contribution in [0.15, 0.2) is 66.7 Å². The van der Waals surface area contributed by atoms with E-state index in [1.54, 1.807) is 0 Å². The lowest BCUT2D eigenvalue weighted by molar-refractivity contribution is 1.77. The molecule has 4 aromatic carbocycles. The summed E-state index contributed by atoms with van der Waals surface area (Å²) in [6, 6.07) is 23.3. The van der Waals surface area contributed by atoms with Gasteiger partial charge in [0.1, 0.15) is 0 Å². The summed E-state index contributed by atoms with van der Waals surface area (Å²) in [6.07, 6.45) is 0. The molecule has 0 nitrogen and oxygen atoms in total. The molecule has 1 heteroatoms. The molecule has 0 fully saturated rings. The highest BCUT2D eigenvalue weighted by Crippen LogP contribution is 2.32. The van der Waals surface area contributed by atoms with E-state index >= 15 is 0 Å². The molecule has 0 spiro atoms. The molecule has 0 saturated carbocycles. The lowest BCUT2D eigenvalue weighted by Crippen LogP contribution is -1.81. The third-order valence-corrected chi connectivity index (χ3v) is 3.92. The Balaban J connectivity index is 2.33. The summed E-state index contributed by atoms with van der Waals surface area (Å²) in [7, 11) is 0. The van der Waals surface area contributed by atoms with Crippen molar-refractivity contribution < 1.29 is 0 Å². The van der Waals surface area contributed by atoms with Crippen molar-refractivity contribution in [3.05, 3.63) is 71.8 Å². The predicted molar refractivity (Wildman–Crippen MR) is 84.0 cm³/mol. The van der Waals surface area contributed by atoms with Gasteiger partial charge in [-0.2, -0.15) is 0 Å². The molecular formula is C18H11Cl. The van der Waals surface area contributed by atoms with E-state index in [0.29, 0.717) is 0 Å². The molecule has 4 aromatic rings. The normalized spacial score (nSPS) is 11.4. The van der Waals surface area contributed by atoms with Gasteiger partial charge in [-0.3, -0.25) is 0 Å². The summed E-state index contributed by atoms with van der Waals surface area (Å²) in [5, 5.41) is 8.40. The standard InChI is InChI=1S/C18H11Cl/c19-15-9-10-17-14(11-15)8-7-13-6-5-12-3-1-2-4-16(12)18(13)17/h1-11H. The van der Waals surface area contributed by atoms with Crippen LogP contribution in [0.4, 0.5) is 0 Å². The van der Waals surface area contributed by atoms with Crippen LogP contribution in [0, 0.1) is 0 Å². The van der Waals surface area contributed by atoms with Gasteiger partial charge in [0.25, 0.3) is 0 Å². The molecule has 0 atom stereocenters. The Morgan fingerprint density at radius 3 is 2.16 bits per heavy atom. The number of halogens is 1. The van der Waals surface area contributed by atoms with Crippen molar-refractivity contribution in [1.29, 1.82) is 0 Å². The average Bonchev–Trinajstić information content (AvgIpc) is 2.46. The Morgan fingerprint density at radius 2 is 1.26 bits per heavy atom. The van der Waals surface area contributed by atoms with Crippen molar-refractivity contribution in [2.24, 2.45) is 0 Å². The quantitative estimate of drug-likeness (QED) is 0.351. The van der Waals surface area contributed by atoms with Gasteiger partial charge in [0.15, 0.2) is 0 Å². The first kappa shape index (κ1) is 10.8. The molecular weight excluding hydrogens is 252 g/mol. The zero-order valence-electron chi connectivity index (χ0n) is 10.2. The van der Waals surface area contributed by atoms with Gasteiger partial charge in [-0.05, 0) is 44.5 Å². The monoisotopic (exact) mass is 262 g/mol. The second-order valence-electron chi connectivity index (χ2n) is 4.82. The SMILES string of the molecule is Clc1ccc2c(ccc3ccc4ccccc4c32)c1. The van der Waals surface area contributed by atoms with E-state index in [1.807, 2.05) is 12.1 Å². The van der Waals surface area contributed by atoms with Crippen LogP contribution >= 0.6 is 11.6 Å². The fourth-order valence-corrected chi connectivity index (χ4v) is 2.99. The smallest absolute Gasteiger partial charge is 0.0412 e. The van der Waals surface area contributed by atoms with Crippen LogP contribution < -0.4 is 0 Å². The van der Waals surface area contributed by atoms with Gasteiger partial charge in [0, 0.05) is 5.02 Å². The molecule has 0 heterocycles. The zero-order chi connectivity index (χ0) is 12.8. The maximum absolute atomic E-state index is 6.09. The zero-order valence-corrected chi connectivity index (χ0v) is 11.0. The van der Waals surface area contributed by atoms with Crippen molar-refractivity contribution >= 4 is 43.9 Å². The van der Waals surface area contributed by atoms with Gasteiger partial charge in [0.05, 0.1) is 0 Å². The minimum atomic E-state index is 0.784. The highest BCUT2D eigenvalue weighted by Gasteiger charge is 2.05. The fourth-order valence-electron chi connectivity index (χ4n) is 2.81. The number of hydrogen-bond donors (Lipinski definition) is 0.